The topological polar surface area (TPSA) is 196 Å². The number of nitrogens with one attached hydrogen (secondary N) is 5. The van der Waals surface area contributed by atoms with Crippen molar-refractivity contribution in [2.24, 2.45) is 5.73 Å². The molecule has 0 saturated heterocycles. The van der Waals surface area contributed by atoms with Gasteiger partial charge in [-0.25, -0.2) is 0 Å². The van der Waals surface area contributed by atoms with E-state index in [1.165, 1.54) is 6.92 Å². The second-order valence-electron chi connectivity index (χ2n) is 12.7. The number of aromatic amines is 1. The number of nitrogens with two attached hydrogens (primary N) is 1. The van der Waals surface area contributed by atoms with Crippen LogP contribution in [0.4, 0.5) is 0 Å². The van der Waals surface area contributed by atoms with Crippen LogP contribution >= 0.6 is 0 Å². The molecule has 4 rings (SSSR count). The van der Waals surface area contributed by atoms with E-state index >= 15 is 0 Å². The zero-order valence-corrected chi connectivity index (χ0v) is 29.5. The predicted molar refractivity (Wildman–Crippen MR) is 197 cm³/mol. The maximum Gasteiger partial charge on any atom is 0.254 e. The van der Waals surface area contributed by atoms with Crippen LogP contribution in [0.3, 0.4) is 0 Å². The molecule has 274 valence electrons. The van der Waals surface area contributed by atoms with Crippen LogP contribution < -0.4 is 27.0 Å². The SMILES string of the molecule is CC(=O)NC(=O)CCC(N)C(=O)NCCCCC(NC(=O)c1c[nH]c2ccccc12)C(=O)N[C@H](Cc1ccccc1)C(=O)N(C)Cc1ccccc1. The predicted octanol–water partition coefficient (Wildman–Crippen LogP) is 2.71. The fraction of sp³-hybridized carbons (Fsp3) is 0.333. The molecule has 0 saturated carbocycles. The van der Waals surface area contributed by atoms with Gasteiger partial charge in [0.25, 0.3) is 5.91 Å². The van der Waals surface area contributed by atoms with Crippen molar-refractivity contribution in [3.63, 3.8) is 0 Å². The van der Waals surface area contributed by atoms with Crippen LogP contribution in [0.15, 0.2) is 91.1 Å². The van der Waals surface area contributed by atoms with Gasteiger partial charge in [0.15, 0.2) is 0 Å². The third-order valence-electron chi connectivity index (χ3n) is 8.55. The van der Waals surface area contributed by atoms with Crippen LogP contribution in [0.2, 0.25) is 0 Å². The minimum absolute atomic E-state index is 0.0659. The molecule has 0 aliphatic carbocycles. The summed E-state index contributed by atoms with van der Waals surface area (Å²) in [6.45, 7) is 1.82. The van der Waals surface area contributed by atoms with E-state index in [1.807, 2.05) is 84.9 Å². The van der Waals surface area contributed by atoms with Gasteiger partial charge in [0.1, 0.15) is 12.1 Å². The van der Waals surface area contributed by atoms with Crippen molar-refractivity contribution in [1.29, 1.82) is 0 Å². The summed E-state index contributed by atoms with van der Waals surface area (Å²) in [4.78, 5) is 81.3. The lowest BCUT2D eigenvalue weighted by molar-refractivity contribution is -0.136. The monoisotopic (exact) mass is 709 g/mol. The Hall–Kier alpha value is -5.82. The molecule has 3 aromatic carbocycles. The molecule has 0 bridgehead atoms. The van der Waals surface area contributed by atoms with Crippen LogP contribution in [-0.2, 0) is 36.9 Å². The van der Waals surface area contributed by atoms with Gasteiger partial charge in [-0.1, -0.05) is 78.9 Å². The third-order valence-corrected chi connectivity index (χ3v) is 8.55. The Labute approximate surface area is 303 Å². The van der Waals surface area contributed by atoms with Crippen molar-refractivity contribution >= 4 is 46.3 Å². The molecule has 7 N–H and O–H groups in total. The Kier molecular flexibility index (Phi) is 14.6. The zero-order chi connectivity index (χ0) is 37.5. The molecular weight excluding hydrogens is 662 g/mol. The number of hydrogen-bond acceptors (Lipinski definition) is 7. The Bertz CT molecular complexity index is 1830. The van der Waals surface area contributed by atoms with E-state index in [1.54, 1.807) is 18.1 Å². The van der Waals surface area contributed by atoms with Crippen molar-refractivity contribution in [3.05, 3.63) is 108 Å². The van der Waals surface area contributed by atoms with Gasteiger partial charge in [-0.2, -0.15) is 0 Å². The molecule has 0 aliphatic rings. The minimum Gasteiger partial charge on any atom is -0.360 e. The molecule has 1 aromatic heterocycles. The molecule has 13 heteroatoms. The summed E-state index contributed by atoms with van der Waals surface area (Å²) in [6.07, 6.45) is 2.96. The molecule has 0 fully saturated rings. The number of nitrogens with zero attached hydrogens (tertiary/aromatic N) is 1. The van der Waals surface area contributed by atoms with Crippen molar-refractivity contribution < 1.29 is 28.8 Å². The summed E-state index contributed by atoms with van der Waals surface area (Å²) in [5.74, 6) is -2.67. The Morgan fingerprint density at radius 1 is 0.769 bits per heavy atom. The molecule has 52 heavy (non-hydrogen) atoms. The largest absolute Gasteiger partial charge is 0.360 e. The summed E-state index contributed by atoms with van der Waals surface area (Å²) in [6, 6.07) is 23.4. The second kappa shape index (κ2) is 19.5. The average Bonchev–Trinajstić information content (AvgIpc) is 3.57. The van der Waals surface area contributed by atoms with Gasteiger partial charge in [0.05, 0.1) is 11.6 Å². The lowest BCUT2D eigenvalue weighted by Crippen LogP contribution is -2.54. The van der Waals surface area contributed by atoms with E-state index in [0.29, 0.717) is 30.3 Å². The van der Waals surface area contributed by atoms with E-state index < -0.39 is 47.7 Å². The normalized spacial score (nSPS) is 12.6. The molecule has 0 radical (unpaired) electrons. The maximum atomic E-state index is 14.0. The number of aromatic nitrogens is 1. The van der Waals surface area contributed by atoms with Crippen LogP contribution in [0.5, 0.6) is 0 Å². The van der Waals surface area contributed by atoms with Gasteiger partial charge in [-0.15, -0.1) is 0 Å². The average molecular weight is 710 g/mol. The molecule has 3 atom stereocenters. The highest BCUT2D eigenvalue weighted by Crippen LogP contribution is 2.18. The summed E-state index contributed by atoms with van der Waals surface area (Å²) >= 11 is 0. The number of imide groups is 1. The van der Waals surface area contributed by atoms with E-state index in [-0.39, 0.29) is 38.1 Å². The van der Waals surface area contributed by atoms with Crippen molar-refractivity contribution in [2.75, 3.05) is 13.6 Å². The van der Waals surface area contributed by atoms with Gasteiger partial charge in [0, 0.05) is 57.0 Å². The van der Waals surface area contributed by atoms with Gasteiger partial charge in [-0.05, 0) is 42.9 Å². The van der Waals surface area contributed by atoms with E-state index in [9.17, 15) is 28.8 Å². The lowest BCUT2D eigenvalue weighted by Gasteiger charge is -2.27. The number of benzene rings is 3. The summed E-state index contributed by atoms with van der Waals surface area (Å²) in [5.41, 5.74) is 8.88. The second-order valence-corrected chi connectivity index (χ2v) is 12.7. The van der Waals surface area contributed by atoms with Crippen LogP contribution in [0.1, 0.15) is 60.5 Å². The first kappa shape index (κ1) is 39.0. The molecular formula is C39H47N7O6. The van der Waals surface area contributed by atoms with Gasteiger partial charge in [-0.3, -0.25) is 34.1 Å². The summed E-state index contributed by atoms with van der Waals surface area (Å²) in [5, 5.41) is 11.4. The van der Waals surface area contributed by atoms with Gasteiger partial charge in [0.2, 0.25) is 29.5 Å². The summed E-state index contributed by atoms with van der Waals surface area (Å²) in [7, 11) is 1.69. The Morgan fingerprint density at radius 3 is 2.12 bits per heavy atom. The number of hydrogen-bond donors (Lipinski definition) is 6. The molecule has 4 aromatic rings. The van der Waals surface area contributed by atoms with Crippen LogP contribution in [-0.4, -0.2) is 77.0 Å². The molecule has 13 nitrogen and oxygen atoms in total. The fourth-order valence-corrected chi connectivity index (χ4v) is 5.78. The van der Waals surface area contributed by atoms with E-state index in [0.717, 1.165) is 16.6 Å². The molecule has 2 unspecified atom stereocenters. The molecule has 0 spiro atoms. The van der Waals surface area contributed by atoms with Crippen molar-refractivity contribution in [3.8, 4) is 0 Å². The number of para-hydroxylation sites is 1. The van der Waals surface area contributed by atoms with Gasteiger partial charge < -0.3 is 31.6 Å². The first-order valence-corrected chi connectivity index (χ1v) is 17.4. The van der Waals surface area contributed by atoms with E-state index in [2.05, 4.69) is 26.3 Å². The molecule has 1 heterocycles. The number of fused-ring (bicyclic) bond motifs is 1. The summed E-state index contributed by atoms with van der Waals surface area (Å²) < 4.78 is 0. The highest BCUT2D eigenvalue weighted by atomic mass is 16.2. The number of carbonyl (C=O) groups is 6. The van der Waals surface area contributed by atoms with Gasteiger partial charge >= 0.3 is 0 Å². The Balaban J connectivity index is 1.43. The van der Waals surface area contributed by atoms with Crippen molar-refractivity contribution in [1.82, 2.24) is 31.2 Å². The number of rotatable bonds is 18. The first-order valence-electron chi connectivity index (χ1n) is 17.4. The number of unbranched alkanes of at least 4 members (excludes halogenated alkanes) is 1. The highest BCUT2D eigenvalue weighted by Gasteiger charge is 2.29. The highest BCUT2D eigenvalue weighted by molar-refractivity contribution is 6.08. The standard InChI is InChI=1S/C39H47N7O6/c1-26(47)43-35(48)21-20-31(40)37(50)41-22-12-11-19-33(44-36(49)30-24-42-32-18-10-9-17-29(30)32)38(51)45-34(23-27-13-5-3-6-14-27)39(52)46(2)25-28-15-7-4-8-16-28/h3-10,13-18,24,31,33-34,42H,11-12,19-23,25,40H2,1-2H3,(H,41,50)(H,44,49)(H,45,51)(H,43,47,48)/t31?,33?,34-/m1/s1. The quantitative estimate of drug-likeness (QED) is 0.0855. The third kappa shape index (κ3) is 11.9. The molecule has 0 aliphatic heterocycles. The first-order chi connectivity index (χ1) is 25.0. The van der Waals surface area contributed by atoms with E-state index in [4.69, 9.17) is 5.73 Å². The minimum atomic E-state index is -0.996. The fourth-order valence-electron chi connectivity index (χ4n) is 5.78. The van der Waals surface area contributed by atoms with Crippen LogP contribution in [0, 0.1) is 0 Å². The smallest absolute Gasteiger partial charge is 0.254 e. The number of likely N-dealkylation sites (N-methyl/N-ethyl adjacent to an activating group) is 1. The number of amides is 6. The zero-order valence-electron chi connectivity index (χ0n) is 29.5. The Morgan fingerprint density at radius 2 is 1.42 bits per heavy atom. The number of H-pyrrole nitrogens is 1. The van der Waals surface area contributed by atoms with Crippen LogP contribution in [0.25, 0.3) is 10.9 Å². The maximum absolute atomic E-state index is 14.0. The number of carbonyl (C=O) groups excluding carboxylic acids is 6. The molecule has 6 amide bonds. The lowest BCUT2D eigenvalue weighted by atomic mass is 10.0. The van der Waals surface area contributed by atoms with Crippen molar-refractivity contribution in [2.45, 2.75) is 70.1 Å².